The Morgan fingerprint density at radius 2 is 2.00 bits per heavy atom. The molecule has 92 valence electrons. The fourth-order valence-electron chi connectivity index (χ4n) is 1.37. The Balaban J connectivity index is 3.18. The van der Waals surface area contributed by atoms with Crippen molar-refractivity contribution in [1.82, 2.24) is 4.90 Å². The highest BCUT2D eigenvalue weighted by atomic mass is 16.5. The van der Waals surface area contributed by atoms with Crippen molar-refractivity contribution in [2.24, 2.45) is 0 Å². The topological polar surface area (TPSA) is 66.8 Å². The third-order valence-corrected chi connectivity index (χ3v) is 2.16. The molecule has 0 atom stereocenters. The lowest BCUT2D eigenvalue weighted by Crippen LogP contribution is -2.22. The number of carboxylic acid groups (broad SMARTS) is 1. The smallest absolute Gasteiger partial charge is 0.339 e. The Labute approximate surface area is 99.6 Å². The Morgan fingerprint density at radius 1 is 1.35 bits per heavy atom. The SMILES string of the molecule is CCOc1ccc(C(=O)N(C)C)cc1C(=O)O. The average Bonchev–Trinajstić information content (AvgIpc) is 2.28. The van der Waals surface area contributed by atoms with Gasteiger partial charge in [0.25, 0.3) is 5.91 Å². The average molecular weight is 237 g/mol. The van der Waals surface area contributed by atoms with E-state index in [1.807, 2.05) is 0 Å². The molecule has 1 N–H and O–H groups in total. The number of benzene rings is 1. The lowest BCUT2D eigenvalue weighted by Gasteiger charge is -2.12. The molecule has 0 bridgehead atoms. The van der Waals surface area contributed by atoms with Crippen LogP contribution in [0.25, 0.3) is 0 Å². The second-order valence-corrected chi connectivity index (χ2v) is 3.65. The maximum atomic E-state index is 11.7. The zero-order valence-corrected chi connectivity index (χ0v) is 10.1. The van der Waals surface area contributed by atoms with E-state index in [9.17, 15) is 9.59 Å². The van der Waals surface area contributed by atoms with Crippen LogP contribution in [0.15, 0.2) is 18.2 Å². The molecule has 0 aliphatic rings. The van der Waals surface area contributed by atoms with E-state index in [1.54, 1.807) is 27.1 Å². The van der Waals surface area contributed by atoms with Crippen LogP contribution < -0.4 is 4.74 Å². The van der Waals surface area contributed by atoms with E-state index in [0.29, 0.717) is 12.2 Å². The molecule has 0 saturated carbocycles. The van der Waals surface area contributed by atoms with Crippen molar-refractivity contribution >= 4 is 11.9 Å². The Bertz CT molecular complexity index is 440. The van der Waals surface area contributed by atoms with Crippen molar-refractivity contribution in [2.45, 2.75) is 6.92 Å². The summed E-state index contributed by atoms with van der Waals surface area (Å²) in [5.74, 6) is -1.08. The van der Waals surface area contributed by atoms with Crippen molar-refractivity contribution in [3.8, 4) is 5.75 Å². The summed E-state index contributed by atoms with van der Waals surface area (Å²) in [6, 6.07) is 4.39. The molecule has 0 aliphatic heterocycles. The predicted molar refractivity (Wildman–Crippen MR) is 62.6 cm³/mol. The number of carbonyl (C=O) groups is 2. The highest BCUT2D eigenvalue weighted by molar-refractivity contribution is 5.98. The van der Waals surface area contributed by atoms with E-state index in [0.717, 1.165) is 0 Å². The molecule has 0 fully saturated rings. The number of ether oxygens (including phenoxy) is 1. The fraction of sp³-hybridized carbons (Fsp3) is 0.333. The van der Waals surface area contributed by atoms with Gasteiger partial charge in [-0.05, 0) is 25.1 Å². The first-order chi connectivity index (χ1) is 7.97. The van der Waals surface area contributed by atoms with E-state index in [2.05, 4.69) is 0 Å². The van der Waals surface area contributed by atoms with Crippen LogP contribution >= 0.6 is 0 Å². The molecule has 1 aromatic rings. The first kappa shape index (κ1) is 13.0. The van der Waals surface area contributed by atoms with E-state index >= 15 is 0 Å². The van der Waals surface area contributed by atoms with Gasteiger partial charge in [-0.15, -0.1) is 0 Å². The van der Waals surface area contributed by atoms with Gasteiger partial charge in [0, 0.05) is 19.7 Å². The molecule has 0 aromatic heterocycles. The van der Waals surface area contributed by atoms with Crippen LogP contribution in [0.4, 0.5) is 0 Å². The largest absolute Gasteiger partial charge is 0.493 e. The fourth-order valence-corrected chi connectivity index (χ4v) is 1.37. The molecular formula is C12H15NO4. The minimum Gasteiger partial charge on any atom is -0.493 e. The summed E-state index contributed by atoms with van der Waals surface area (Å²) < 4.78 is 5.19. The highest BCUT2D eigenvalue weighted by Gasteiger charge is 2.16. The maximum absolute atomic E-state index is 11.7. The van der Waals surface area contributed by atoms with Crippen molar-refractivity contribution in [3.05, 3.63) is 29.3 Å². The Morgan fingerprint density at radius 3 is 2.47 bits per heavy atom. The minimum absolute atomic E-state index is 0.000417. The van der Waals surface area contributed by atoms with Crippen molar-refractivity contribution < 1.29 is 19.4 Å². The first-order valence-corrected chi connectivity index (χ1v) is 5.19. The Hall–Kier alpha value is -2.04. The standard InChI is InChI=1S/C12H15NO4/c1-4-17-10-6-5-8(11(14)13(2)3)7-9(10)12(15)16/h5-7H,4H2,1-3H3,(H,15,16). The van der Waals surface area contributed by atoms with Crippen LogP contribution in [0.5, 0.6) is 5.75 Å². The van der Waals surface area contributed by atoms with Crippen LogP contribution in [0.2, 0.25) is 0 Å². The van der Waals surface area contributed by atoms with Gasteiger partial charge in [0.1, 0.15) is 11.3 Å². The normalized spacial score (nSPS) is 9.82. The molecule has 1 amide bonds. The number of hydrogen-bond acceptors (Lipinski definition) is 3. The van der Waals surface area contributed by atoms with Crippen molar-refractivity contribution in [1.29, 1.82) is 0 Å². The molecule has 0 radical (unpaired) electrons. The molecule has 5 heteroatoms. The monoisotopic (exact) mass is 237 g/mol. The number of carbonyl (C=O) groups excluding carboxylic acids is 1. The van der Waals surface area contributed by atoms with Gasteiger partial charge in [0.05, 0.1) is 6.61 Å². The third-order valence-electron chi connectivity index (χ3n) is 2.16. The summed E-state index contributed by atoms with van der Waals surface area (Å²) in [4.78, 5) is 24.1. The minimum atomic E-state index is -1.11. The second-order valence-electron chi connectivity index (χ2n) is 3.65. The number of rotatable bonds is 4. The third kappa shape index (κ3) is 2.96. The maximum Gasteiger partial charge on any atom is 0.339 e. The molecule has 17 heavy (non-hydrogen) atoms. The molecule has 1 rings (SSSR count). The van der Waals surface area contributed by atoms with Crippen LogP contribution in [-0.4, -0.2) is 42.6 Å². The summed E-state index contributed by atoms with van der Waals surface area (Å²) in [7, 11) is 3.22. The zero-order chi connectivity index (χ0) is 13.0. The van der Waals surface area contributed by atoms with Gasteiger partial charge >= 0.3 is 5.97 Å². The van der Waals surface area contributed by atoms with Gasteiger partial charge in [0.2, 0.25) is 0 Å². The first-order valence-electron chi connectivity index (χ1n) is 5.19. The second kappa shape index (κ2) is 5.34. The quantitative estimate of drug-likeness (QED) is 0.861. The van der Waals surface area contributed by atoms with Gasteiger partial charge in [-0.1, -0.05) is 0 Å². The number of hydrogen-bond donors (Lipinski definition) is 1. The summed E-state index contributed by atoms with van der Waals surface area (Å²) in [5, 5.41) is 9.03. The number of aromatic carboxylic acids is 1. The van der Waals surface area contributed by atoms with E-state index in [-0.39, 0.29) is 17.2 Å². The van der Waals surface area contributed by atoms with Crippen LogP contribution in [0.3, 0.4) is 0 Å². The van der Waals surface area contributed by atoms with E-state index < -0.39 is 5.97 Å². The van der Waals surface area contributed by atoms with Gasteiger partial charge in [-0.25, -0.2) is 4.79 Å². The lowest BCUT2D eigenvalue weighted by atomic mass is 10.1. The molecular weight excluding hydrogens is 222 g/mol. The van der Waals surface area contributed by atoms with Gasteiger partial charge in [0.15, 0.2) is 0 Å². The molecule has 0 heterocycles. The summed E-state index contributed by atoms with van der Waals surface area (Å²) in [5.41, 5.74) is 0.329. The van der Waals surface area contributed by atoms with Gasteiger partial charge in [-0.2, -0.15) is 0 Å². The van der Waals surface area contributed by atoms with Crippen molar-refractivity contribution in [2.75, 3.05) is 20.7 Å². The molecule has 1 aromatic carbocycles. The number of nitrogens with zero attached hydrogens (tertiary/aromatic N) is 1. The van der Waals surface area contributed by atoms with Crippen LogP contribution in [-0.2, 0) is 0 Å². The summed E-state index contributed by atoms with van der Waals surface area (Å²) >= 11 is 0. The molecule has 0 aliphatic carbocycles. The van der Waals surface area contributed by atoms with Crippen LogP contribution in [0, 0.1) is 0 Å². The highest BCUT2D eigenvalue weighted by Crippen LogP contribution is 2.21. The summed E-state index contributed by atoms with van der Waals surface area (Å²) in [6.45, 7) is 2.14. The van der Waals surface area contributed by atoms with Gasteiger partial charge < -0.3 is 14.7 Å². The lowest BCUT2D eigenvalue weighted by molar-refractivity contribution is 0.0692. The molecule has 0 spiro atoms. The molecule has 0 saturated heterocycles. The van der Waals surface area contributed by atoms with Crippen molar-refractivity contribution in [3.63, 3.8) is 0 Å². The number of amides is 1. The molecule has 0 unspecified atom stereocenters. The zero-order valence-electron chi connectivity index (χ0n) is 10.1. The predicted octanol–water partition coefficient (Wildman–Crippen LogP) is 1.49. The Kier molecular flexibility index (Phi) is 4.09. The molecule has 5 nitrogen and oxygen atoms in total. The number of carboxylic acids is 1. The van der Waals surface area contributed by atoms with E-state index in [4.69, 9.17) is 9.84 Å². The van der Waals surface area contributed by atoms with Gasteiger partial charge in [-0.3, -0.25) is 4.79 Å². The summed E-state index contributed by atoms with van der Waals surface area (Å²) in [6.07, 6.45) is 0. The van der Waals surface area contributed by atoms with Crippen LogP contribution in [0.1, 0.15) is 27.6 Å². The van der Waals surface area contributed by atoms with E-state index in [1.165, 1.54) is 17.0 Å².